The first kappa shape index (κ1) is 16.7. The third-order valence-electron chi connectivity index (χ3n) is 3.33. The summed E-state index contributed by atoms with van der Waals surface area (Å²) in [5.41, 5.74) is 7.24. The molecule has 5 heteroatoms. The predicted molar refractivity (Wildman–Crippen MR) is 90.7 cm³/mol. The minimum Gasteiger partial charge on any atom is -0.497 e. The van der Waals surface area contributed by atoms with Crippen LogP contribution in [-0.4, -0.2) is 25.7 Å². The number of nitrogen functional groups attached to an aromatic ring is 1. The van der Waals surface area contributed by atoms with E-state index in [0.717, 1.165) is 17.1 Å². The Kier molecular flexibility index (Phi) is 5.86. The number of ether oxygens (including phenoxy) is 2. The zero-order valence-electron chi connectivity index (χ0n) is 13.4. The van der Waals surface area contributed by atoms with Crippen molar-refractivity contribution in [3.8, 4) is 11.5 Å². The molecular formula is C18H22N2O3. The van der Waals surface area contributed by atoms with Crippen molar-refractivity contribution in [2.24, 2.45) is 0 Å². The van der Waals surface area contributed by atoms with E-state index in [4.69, 9.17) is 15.2 Å². The number of hydrogen-bond donors (Lipinski definition) is 2. The number of nitrogens with two attached hydrogens (primary N) is 1. The van der Waals surface area contributed by atoms with Gasteiger partial charge in [0.1, 0.15) is 17.6 Å². The molecule has 1 amide bonds. The fourth-order valence-corrected chi connectivity index (χ4v) is 2.07. The Morgan fingerprint density at radius 3 is 2.30 bits per heavy atom. The molecule has 0 aromatic heterocycles. The van der Waals surface area contributed by atoms with Crippen LogP contribution >= 0.6 is 0 Å². The molecule has 0 bridgehead atoms. The van der Waals surface area contributed by atoms with Crippen LogP contribution in [0.1, 0.15) is 12.5 Å². The third kappa shape index (κ3) is 5.54. The maximum atomic E-state index is 11.9. The second-order valence-electron chi connectivity index (χ2n) is 5.33. The van der Waals surface area contributed by atoms with Gasteiger partial charge >= 0.3 is 0 Å². The lowest BCUT2D eigenvalue weighted by Gasteiger charge is -2.15. The molecule has 0 radical (unpaired) electrons. The highest BCUT2D eigenvalue weighted by molar-refractivity contribution is 5.78. The number of carbonyl (C=O) groups is 1. The quantitative estimate of drug-likeness (QED) is 0.770. The van der Waals surface area contributed by atoms with Crippen LogP contribution in [0.4, 0.5) is 5.69 Å². The molecule has 23 heavy (non-hydrogen) atoms. The first-order chi connectivity index (χ1) is 11.1. The van der Waals surface area contributed by atoms with Gasteiger partial charge in [0, 0.05) is 5.69 Å². The second-order valence-corrected chi connectivity index (χ2v) is 5.33. The van der Waals surface area contributed by atoms with Crippen LogP contribution in [0.2, 0.25) is 0 Å². The number of rotatable bonds is 7. The van der Waals surface area contributed by atoms with E-state index in [2.05, 4.69) is 5.32 Å². The Morgan fingerprint density at radius 1 is 1.09 bits per heavy atom. The summed E-state index contributed by atoms with van der Waals surface area (Å²) in [5.74, 6) is 1.48. The molecule has 0 saturated carbocycles. The molecule has 0 aliphatic heterocycles. The standard InChI is InChI=1S/C18H22N2O3/c1-13(23-17-9-7-16(22-2)8-10-17)12-20-18(21)11-14-3-5-15(19)6-4-14/h3-10,13H,11-12,19H2,1-2H3,(H,20,21). The number of hydrogen-bond acceptors (Lipinski definition) is 4. The predicted octanol–water partition coefficient (Wildman–Crippen LogP) is 2.40. The van der Waals surface area contributed by atoms with E-state index in [1.807, 2.05) is 43.3 Å². The van der Waals surface area contributed by atoms with Crippen molar-refractivity contribution < 1.29 is 14.3 Å². The lowest BCUT2D eigenvalue weighted by atomic mass is 10.1. The summed E-state index contributed by atoms with van der Waals surface area (Å²) >= 11 is 0. The summed E-state index contributed by atoms with van der Waals surface area (Å²) in [4.78, 5) is 11.9. The van der Waals surface area contributed by atoms with Crippen molar-refractivity contribution >= 4 is 11.6 Å². The van der Waals surface area contributed by atoms with Gasteiger partial charge in [-0.2, -0.15) is 0 Å². The van der Waals surface area contributed by atoms with E-state index in [9.17, 15) is 4.79 Å². The van der Waals surface area contributed by atoms with Crippen LogP contribution in [0.3, 0.4) is 0 Å². The maximum absolute atomic E-state index is 11.9. The monoisotopic (exact) mass is 314 g/mol. The van der Waals surface area contributed by atoms with E-state index in [1.54, 1.807) is 19.2 Å². The Hall–Kier alpha value is -2.69. The van der Waals surface area contributed by atoms with Gasteiger partial charge in [-0.25, -0.2) is 0 Å². The summed E-state index contributed by atoms with van der Waals surface area (Å²) in [6, 6.07) is 14.6. The Morgan fingerprint density at radius 2 is 1.70 bits per heavy atom. The molecule has 2 rings (SSSR count). The Labute approximate surface area is 136 Å². The van der Waals surface area contributed by atoms with E-state index < -0.39 is 0 Å². The molecule has 0 aliphatic carbocycles. The number of benzene rings is 2. The summed E-state index contributed by atoms with van der Waals surface area (Å²) in [6.07, 6.45) is 0.203. The molecule has 0 saturated heterocycles. The molecule has 5 nitrogen and oxygen atoms in total. The van der Waals surface area contributed by atoms with Gasteiger partial charge in [0.05, 0.1) is 20.1 Å². The second kappa shape index (κ2) is 8.08. The summed E-state index contributed by atoms with van der Waals surface area (Å²) in [5, 5.41) is 2.87. The number of methoxy groups -OCH3 is 1. The highest BCUT2D eigenvalue weighted by Gasteiger charge is 2.08. The van der Waals surface area contributed by atoms with Crippen LogP contribution in [0.25, 0.3) is 0 Å². The molecule has 0 heterocycles. The van der Waals surface area contributed by atoms with Crippen molar-refractivity contribution in [1.29, 1.82) is 0 Å². The van der Waals surface area contributed by atoms with Crippen LogP contribution in [0, 0.1) is 0 Å². The highest BCUT2D eigenvalue weighted by Crippen LogP contribution is 2.18. The fraction of sp³-hybridized carbons (Fsp3) is 0.278. The smallest absolute Gasteiger partial charge is 0.224 e. The number of anilines is 1. The summed E-state index contributed by atoms with van der Waals surface area (Å²) < 4.78 is 10.8. The first-order valence-corrected chi connectivity index (χ1v) is 7.48. The molecule has 3 N–H and O–H groups in total. The minimum atomic E-state index is -0.126. The average Bonchev–Trinajstić information content (AvgIpc) is 2.56. The zero-order chi connectivity index (χ0) is 16.7. The molecule has 0 aliphatic rings. The summed E-state index contributed by atoms with van der Waals surface area (Å²) in [7, 11) is 1.62. The van der Waals surface area contributed by atoms with Crippen molar-refractivity contribution in [1.82, 2.24) is 5.32 Å². The lowest BCUT2D eigenvalue weighted by molar-refractivity contribution is -0.120. The number of carbonyl (C=O) groups excluding carboxylic acids is 1. The molecule has 0 fully saturated rings. The minimum absolute atomic E-state index is 0.0417. The van der Waals surface area contributed by atoms with Gasteiger partial charge in [-0.1, -0.05) is 12.1 Å². The Balaban J connectivity index is 1.75. The van der Waals surface area contributed by atoms with E-state index in [-0.39, 0.29) is 12.0 Å². The third-order valence-corrected chi connectivity index (χ3v) is 3.33. The zero-order valence-corrected chi connectivity index (χ0v) is 13.4. The molecule has 0 spiro atoms. The number of nitrogens with one attached hydrogen (secondary N) is 1. The van der Waals surface area contributed by atoms with Gasteiger partial charge in [0.25, 0.3) is 0 Å². The van der Waals surface area contributed by atoms with Gasteiger partial charge in [0.15, 0.2) is 0 Å². The SMILES string of the molecule is COc1ccc(OC(C)CNC(=O)Cc2ccc(N)cc2)cc1. The van der Waals surface area contributed by atoms with Gasteiger partial charge < -0.3 is 20.5 Å². The lowest BCUT2D eigenvalue weighted by Crippen LogP contribution is -2.34. The van der Waals surface area contributed by atoms with Crippen molar-refractivity contribution in [3.63, 3.8) is 0 Å². The van der Waals surface area contributed by atoms with E-state index >= 15 is 0 Å². The van der Waals surface area contributed by atoms with Gasteiger partial charge in [-0.3, -0.25) is 4.79 Å². The molecule has 1 atom stereocenters. The first-order valence-electron chi connectivity index (χ1n) is 7.48. The van der Waals surface area contributed by atoms with Crippen molar-refractivity contribution in [2.75, 3.05) is 19.4 Å². The van der Waals surface area contributed by atoms with Crippen molar-refractivity contribution in [2.45, 2.75) is 19.4 Å². The Bertz CT molecular complexity index is 624. The molecular weight excluding hydrogens is 292 g/mol. The van der Waals surface area contributed by atoms with Crippen LogP contribution < -0.4 is 20.5 Å². The number of amides is 1. The largest absolute Gasteiger partial charge is 0.497 e. The van der Waals surface area contributed by atoms with Crippen LogP contribution in [-0.2, 0) is 11.2 Å². The van der Waals surface area contributed by atoms with Crippen molar-refractivity contribution in [3.05, 3.63) is 54.1 Å². The highest BCUT2D eigenvalue weighted by atomic mass is 16.5. The molecule has 122 valence electrons. The molecule has 1 unspecified atom stereocenters. The van der Waals surface area contributed by atoms with E-state index in [1.165, 1.54) is 0 Å². The average molecular weight is 314 g/mol. The van der Waals surface area contributed by atoms with Crippen LogP contribution in [0.15, 0.2) is 48.5 Å². The fourth-order valence-electron chi connectivity index (χ4n) is 2.07. The van der Waals surface area contributed by atoms with Gasteiger partial charge in [-0.15, -0.1) is 0 Å². The molecule has 2 aromatic carbocycles. The maximum Gasteiger partial charge on any atom is 0.224 e. The topological polar surface area (TPSA) is 73.6 Å². The van der Waals surface area contributed by atoms with E-state index in [0.29, 0.717) is 18.7 Å². The van der Waals surface area contributed by atoms with Crippen LogP contribution in [0.5, 0.6) is 11.5 Å². The summed E-state index contributed by atoms with van der Waals surface area (Å²) in [6.45, 7) is 2.35. The molecule has 2 aromatic rings. The van der Waals surface area contributed by atoms with Gasteiger partial charge in [0.2, 0.25) is 5.91 Å². The normalized spacial score (nSPS) is 11.6. The van der Waals surface area contributed by atoms with Gasteiger partial charge in [-0.05, 0) is 48.9 Å².